The first-order chi connectivity index (χ1) is 8.88. The molecule has 0 amide bonds. The van der Waals surface area contributed by atoms with E-state index in [0.29, 0.717) is 17.9 Å². The molecule has 6 heteroatoms. The van der Waals surface area contributed by atoms with E-state index in [2.05, 4.69) is 15.5 Å². The predicted molar refractivity (Wildman–Crippen MR) is 67.9 cm³/mol. The number of rotatable bonds is 2. The van der Waals surface area contributed by atoms with Crippen molar-refractivity contribution in [3.63, 3.8) is 0 Å². The van der Waals surface area contributed by atoms with Gasteiger partial charge >= 0.3 is 0 Å². The largest absolute Gasteiger partial charge is 0.311 e. The van der Waals surface area contributed by atoms with Crippen molar-refractivity contribution in [1.29, 1.82) is 0 Å². The number of nitrogens with one attached hydrogen (secondary N) is 1. The number of aromatic nitrogens is 4. The van der Waals surface area contributed by atoms with Gasteiger partial charge in [-0.1, -0.05) is 11.3 Å². The lowest BCUT2D eigenvalue weighted by molar-refractivity contribution is 0.500. The second-order valence-electron chi connectivity index (χ2n) is 5.86. The molecule has 3 atom stereocenters. The molecule has 5 nitrogen and oxygen atoms in total. The zero-order chi connectivity index (χ0) is 11.7. The summed E-state index contributed by atoms with van der Waals surface area (Å²) < 4.78 is 2.00. The molecule has 1 saturated carbocycles. The molecule has 2 aromatic heterocycles. The van der Waals surface area contributed by atoms with E-state index in [0.717, 1.165) is 16.8 Å². The maximum atomic E-state index is 4.80. The Morgan fingerprint density at radius 1 is 1.17 bits per heavy atom. The third kappa shape index (κ3) is 1.27. The molecule has 2 aromatic rings. The van der Waals surface area contributed by atoms with E-state index < -0.39 is 0 Å². The van der Waals surface area contributed by atoms with E-state index in [1.54, 1.807) is 11.3 Å². The molecule has 3 aliphatic rings. The molecule has 2 saturated heterocycles. The zero-order valence-corrected chi connectivity index (χ0v) is 10.9. The zero-order valence-electron chi connectivity index (χ0n) is 10.0. The Hall–Kier alpha value is -1.01. The second kappa shape index (κ2) is 3.30. The van der Waals surface area contributed by atoms with Crippen LogP contribution >= 0.6 is 11.3 Å². The molecule has 2 aliphatic heterocycles. The van der Waals surface area contributed by atoms with Gasteiger partial charge in [0, 0.05) is 23.9 Å². The van der Waals surface area contributed by atoms with Crippen LogP contribution in [0.1, 0.15) is 54.8 Å². The summed E-state index contributed by atoms with van der Waals surface area (Å²) >= 11 is 1.74. The van der Waals surface area contributed by atoms with Gasteiger partial charge in [-0.25, -0.2) is 0 Å². The van der Waals surface area contributed by atoms with Crippen LogP contribution in [0.25, 0.3) is 4.96 Å². The highest BCUT2D eigenvalue weighted by atomic mass is 32.1. The number of fused-ring (bicyclic) bond motifs is 3. The minimum atomic E-state index is 0.613. The third-order valence-electron chi connectivity index (χ3n) is 4.59. The average Bonchev–Trinajstić information content (AvgIpc) is 2.82. The van der Waals surface area contributed by atoms with Crippen molar-refractivity contribution in [2.24, 2.45) is 0 Å². The summed E-state index contributed by atoms with van der Waals surface area (Å²) in [5.41, 5.74) is 0. The van der Waals surface area contributed by atoms with Crippen molar-refractivity contribution < 1.29 is 0 Å². The molecular formula is C12H15N5S. The highest BCUT2D eigenvalue weighted by Gasteiger charge is 2.42. The Balaban J connectivity index is 1.56. The van der Waals surface area contributed by atoms with Crippen molar-refractivity contribution in [2.75, 3.05) is 0 Å². The average molecular weight is 261 g/mol. The molecule has 18 heavy (non-hydrogen) atoms. The molecule has 5 rings (SSSR count). The fourth-order valence-corrected chi connectivity index (χ4v) is 4.51. The van der Waals surface area contributed by atoms with Gasteiger partial charge in [-0.05, 0) is 32.1 Å². The SMILES string of the molecule is C1CC2NC1CC2c1nn2c(C3CC3)nnc2s1. The number of nitrogens with zero attached hydrogens (tertiary/aromatic N) is 4. The maximum absolute atomic E-state index is 4.80. The van der Waals surface area contributed by atoms with Crippen LogP contribution in [-0.2, 0) is 0 Å². The second-order valence-corrected chi connectivity index (χ2v) is 6.84. The Bertz CT molecular complexity index is 613. The Morgan fingerprint density at radius 2 is 2.11 bits per heavy atom. The van der Waals surface area contributed by atoms with Gasteiger partial charge in [0.15, 0.2) is 5.82 Å². The van der Waals surface area contributed by atoms with Crippen LogP contribution in [-0.4, -0.2) is 31.9 Å². The molecule has 0 aromatic carbocycles. The van der Waals surface area contributed by atoms with Crippen LogP contribution < -0.4 is 5.32 Å². The summed E-state index contributed by atoms with van der Waals surface area (Å²) in [5, 5.41) is 18.3. The maximum Gasteiger partial charge on any atom is 0.234 e. The van der Waals surface area contributed by atoms with Gasteiger partial charge in [0.05, 0.1) is 0 Å². The molecule has 0 spiro atoms. The van der Waals surface area contributed by atoms with E-state index in [1.807, 2.05) is 4.52 Å². The summed E-state index contributed by atoms with van der Waals surface area (Å²) in [7, 11) is 0. The quantitative estimate of drug-likeness (QED) is 0.893. The first-order valence-electron chi connectivity index (χ1n) is 6.86. The molecule has 1 N–H and O–H groups in total. The van der Waals surface area contributed by atoms with E-state index in [-0.39, 0.29) is 0 Å². The van der Waals surface area contributed by atoms with Gasteiger partial charge in [-0.3, -0.25) is 0 Å². The van der Waals surface area contributed by atoms with E-state index in [1.165, 1.54) is 37.1 Å². The van der Waals surface area contributed by atoms with E-state index >= 15 is 0 Å². The van der Waals surface area contributed by atoms with Crippen molar-refractivity contribution in [3.8, 4) is 0 Å². The molecule has 4 heterocycles. The van der Waals surface area contributed by atoms with Gasteiger partial charge in [0.2, 0.25) is 4.96 Å². The topological polar surface area (TPSA) is 55.1 Å². The highest BCUT2D eigenvalue weighted by Crippen LogP contribution is 2.43. The smallest absolute Gasteiger partial charge is 0.234 e. The highest BCUT2D eigenvalue weighted by molar-refractivity contribution is 7.16. The molecule has 3 unspecified atom stereocenters. The lowest BCUT2D eigenvalue weighted by atomic mass is 9.90. The molecule has 94 valence electrons. The summed E-state index contributed by atoms with van der Waals surface area (Å²) in [4.78, 5) is 0.981. The van der Waals surface area contributed by atoms with Crippen molar-refractivity contribution >= 4 is 16.3 Å². The van der Waals surface area contributed by atoms with Crippen molar-refractivity contribution in [3.05, 3.63) is 10.8 Å². The lowest BCUT2D eigenvalue weighted by Gasteiger charge is -2.16. The minimum absolute atomic E-state index is 0.613. The molecule has 2 bridgehead atoms. The number of hydrogen-bond acceptors (Lipinski definition) is 5. The molecule has 3 fully saturated rings. The molecule has 0 radical (unpaired) electrons. The third-order valence-corrected chi connectivity index (χ3v) is 5.62. The first kappa shape index (κ1) is 9.86. The Labute approximate surface area is 109 Å². The predicted octanol–water partition coefficient (Wildman–Crippen LogP) is 1.67. The molecule has 1 aliphatic carbocycles. The van der Waals surface area contributed by atoms with Crippen LogP contribution in [0.2, 0.25) is 0 Å². The summed E-state index contributed by atoms with van der Waals surface area (Å²) in [5.74, 6) is 2.32. The van der Waals surface area contributed by atoms with Gasteiger partial charge in [0.25, 0.3) is 0 Å². The summed E-state index contributed by atoms with van der Waals surface area (Å²) in [6, 6.07) is 1.39. The van der Waals surface area contributed by atoms with Gasteiger partial charge < -0.3 is 5.32 Å². The molecular weight excluding hydrogens is 246 g/mol. The number of hydrogen-bond donors (Lipinski definition) is 1. The minimum Gasteiger partial charge on any atom is -0.311 e. The monoisotopic (exact) mass is 261 g/mol. The normalized spacial score (nSPS) is 34.8. The van der Waals surface area contributed by atoms with E-state index in [4.69, 9.17) is 5.10 Å². The van der Waals surface area contributed by atoms with Crippen LogP contribution in [0.15, 0.2) is 0 Å². The van der Waals surface area contributed by atoms with E-state index in [9.17, 15) is 0 Å². The Morgan fingerprint density at radius 3 is 2.83 bits per heavy atom. The van der Waals surface area contributed by atoms with Crippen molar-refractivity contribution in [2.45, 2.75) is 56.0 Å². The lowest BCUT2D eigenvalue weighted by Crippen LogP contribution is -2.21. The summed E-state index contributed by atoms with van der Waals surface area (Å²) in [6.07, 6.45) is 6.42. The van der Waals surface area contributed by atoms with Crippen LogP contribution in [0.5, 0.6) is 0 Å². The Kier molecular flexibility index (Phi) is 1.81. The fraction of sp³-hybridized carbons (Fsp3) is 0.750. The fourth-order valence-electron chi connectivity index (χ4n) is 3.49. The summed E-state index contributed by atoms with van der Waals surface area (Å²) in [6.45, 7) is 0. The van der Waals surface area contributed by atoms with Crippen LogP contribution in [0, 0.1) is 0 Å². The van der Waals surface area contributed by atoms with Crippen LogP contribution in [0.4, 0.5) is 0 Å². The van der Waals surface area contributed by atoms with Crippen LogP contribution in [0.3, 0.4) is 0 Å². The first-order valence-corrected chi connectivity index (χ1v) is 7.68. The van der Waals surface area contributed by atoms with Crippen molar-refractivity contribution in [1.82, 2.24) is 25.1 Å². The van der Waals surface area contributed by atoms with Gasteiger partial charge in [0.1, 0.15) is 5.01 Å². The van der Waals surface area contributed by atoms with Gasteiger partial charge in [-0.2, -0.15) is 9.61 Å². The van der Waals surface area contributed by atoms with Gasteiger partial charge in [-0.15, -0.1) is 10.2 Å². The standard InChI is InChI=1S/C12H15N5S/c1-2-6(1)10-14-15-12-17(10)16-11(18-12)8-5-7-3-4-9(8)13-7/h6-9,13H,1-5H2.